The summed E-state index contributed by atoms with van der Waals surface area (Å²) in [7, 11) is 0. The minimum absolute atomic E-state index is 0.0220. The van der Waals surface area contributed by atoms with Crippen LogP contribution < -0.4 is 10.5 Å². The van der Waals surface area contributed by atoms with E-state index in [9.17, 15) is 9.90 Å². The fourth-order valence-electron chi connectivity index (χ4n) is 2.32. The van der Waals surface area contributed by atoms with Crippen LogP contribution in [0.1, 0.15) is 46.6 Å². The first-order valence-electron chi connectivity index (χ1n) is 7.01. The molecule has 0 saturated carbocycles. The highest BCUT2D eigenvalue weighted by atomic mass is 16.3. The molecule has 0 saturated heterocycles. The van der Waals surface area contributed by atoms with Gasteiger partial charge < -0.3 is 14.6 Å². The molecule has 0 aliphatic heterocycles. The standard InChI is InChI=1S/C14H25N3O2/c1-5-12(6-2)17(9-10-18)13-14(19)16(11(3)4)8-7-15-13/h7-8,11-12,18H,5-6,9-10H2,1-4H3. The van der Waals surface area contributed by atoms with Crippen LogP contribution in [-0.2, 0) is 0 Å². The van der Waals surface area contributed by atoms with Crippen LogP contribution in [0.3, 0.4) is 0 Å². The van der Waals surface area contributed by atoms with Gasteiger partial charge in [-0.2, -0.15) is 0 Å². The summed E-state index contributed by atoms with van der Waals surface area (Å²) in [4.78, 5) is 18.6. The first-order valence-corrected chi connectivity index (χ1v) is 7.01. The van der Waals surface area contributed by atoms with Gasteiger partial charge in [0.15, 0.2) is 5.82 Å². The van der Waals surface area contributed by atoms with Crippen LogP contribution in [0, 0.1) is 0 Å². The third-order valence-corrected chi connectivity index (χ3v) is 3.40. The Balaban J connectivity index is 3.23. The molecule has 0 amide bonds. The Morgan fingerprint density at radius 1 is 1.37 bits per heavy atom. The van der Waals surface area contributed by atoms with E-state index < -0.39 is 0 Å². The Bertz CT molecular complexity index is 439. The van der Waals surface area contributed by atoms with Crippen LogP contribution in [0.15, 0.2) is 17.2 Å². The fraction of sp³-hybridized carbons (Fsp3) is 0.714. The number of hydrogen-bond donors (Lipinski definition) is 1. The minimum atomic E-state index is -0.0853. The van der Waals surface area contributed by atoms with Gasteiger partial charge >= 0.3 is 0 Å². The third-order valence-electron chi connectivity index (χ3n) is 3.40. The van der Waals surface area contributed by atoms with Gasteiger partial charge in [0.2, 0.25) is 0 Å². The number of nitrogens with zero attached hydrogens (tertiary/aromatic N) is 3. The summed E-state index contributed by atoms with van der Waals surface area (Å²) >= 11 is 0. The van der Waals surface area contributed by atoms with Gasteiger partial charge in [0.1, 0.15) is 0 Å². The van der Waals surface area contributed by atoms with Crippen LogP contribution >= 0.6 is 0 Å². The third kappa shape index (κ3) is 3.56. The van der Waals surface area contributed by atoms with Crippen LogP contribution in [0.5, 0.6) is 0 Å². The first-order chi connectivity index (χ1) is 9.06. The molecule has 0 aliphatic carbocycles. The van der Waals surface area contributed by atoms with Crippen molar-refractivity contribution in [3.63, 3.8) is 0 Å². The average molecular weight is 267 g/mol. The van der Waals surface area contributed by atoms with Crippen LogP contribution in [0.4, 0.5) is 5.82 Å². The largest absolute Gasteiger partial charge is 0.395 e. The quantitative estimate of drug-likeness (QED) is 0.818. The lowest BCUT2D eigenvalue weighted by Gasteiger charge is -2.30. The lowest BCUT2D eigenvalue weighted by molar-refractivity contribution is 0.295. The molecule has 1 rings (SSSR count). The van der Waals surface area contributed by atoms with E-state index in [0.29, 0.717) is 12.4 Å². The molecule has 0 aliphatic rings. The second-order valence-electron chi connectivity index (χ2n) is 4.94. The summed E-state index contributed by atoms with van der Waals surface area (Å²) in [5, 5.41) is 9.23. The first kappa shape index (κ1) is 15.7. The van der Waals surface area contributed by atoms with Crippen molar-refractivity contribution in [3.8, 4) is 0 Å². The van der Waals surface area contributed by atoms with Gasteiger partial charge in [-0.15, -0.1) is 0 Å². The van der Waals surface area contributed by atoms with Crippen molar-refractivity contribution >= 4 is 5.82 Å². The van der Waals surface area contributed by atoms with E-state index in [4.69, 9.17) is 0 Å². The van der Waals surface area contributed by atoms with Crippen LogP contribution in [0.2, 0.25) is 0 Å². The molecule has 0 bridgehead atoms. The summed E-state index contributed by atoms with van der Waals surface area (Å²) in [6.45, 7) is 8.58. The molecule has 1 aromatic rings. The van der Waals surface area contributed by atoms with Gasteiger partial charge in [-0.3, -0.25) is 4.79 Å². The highest BCUT2D eigenvalue weighted by molar-refractivity contribution is 5.37. The van der Waals surface area contributed by atoms with Crippen molar-refractivity contribution in [2.75, 3.05) is 18.1 Å². The Morgan fingerprint density at radius 3 is 2.47 bits per heavy atom. The van der Waals surface area contributed by atoms with E-state index in [1.54, 1.807) is 17.0 Å². The molecule has 1 aromatic heterocycles. The van der Waals surface area contributed by atoms with Crippen molar-refractivity contribution < 1.29 is 5.11 Å². The number of rotatable bonds is 7. The van der Waals surface area contributed by atoms with E-state index in [-0.39, 0.29) is 24.2 Å². The van der Waals surface area contributed by atoms with E-state index in [0.717, 1.165) is 12.8 Å². The number of aliphatic hydroxyl groups excluding tert-OH is 1. The molecular weight excluding hydrogens is 242 g/mol. The second-order valence-corrected chi connectivity index (χ2v) is 4.94. The molecule has 0 atom stereocenters. The Labute approximate surface area is 114 Å². The zero-order valence-electron chi connectivity index (χ0n) is 12.3. The van der Waals surface area contributed by atoms with E-state index in [2.05, 4.69) is 18.8 Å². The molecule has 0 radical (unpaired) electrons. The summed E-state index contributed by atoms with van der Waals surface area (Å²) in [5.74, 6) is 0.443. The lowest BCUT2D eigenvalue weighted by Crippen LogP contribution is -2.42. The maximum atomic E-state index is 12.4. The van der Waals surface area contributed by atoms with Crippen molar-refractivity contribution in [2.24, 2.45) is 0 Å². The Kier molecular flexibility index (Phi) is 6.02. The predicted octanol–water partition coefficient (Wildman–Crippen LogP) is 1.81. The summed E-state index contributed by atoms with van der Waals surface area (Å²) < 4.78 is 1.68. The van der Waals surface area contributed by atoms with Crippen molar-refractivity contribution in [3.05, 3.63) is 22.7 Å². The molecule has 0 aromatic carbocycles. The normalized spacial score (nSPS) is 11.3. The lowest BCUT2D eigenvalue weighted by atomic mass is 10.1. The average Bonchev–Trinajstić information content (AvgIpc) is 2.39. The number of aliphatic hydroxyl groups is 1. The molecule has 0 fully saturated rings. The van der Waals surface area contributed by atoms with Gasteiger partial charge in [-0.25, -0.2) is 4.98 Å². The van der Waals surface area contributed by atoms with E-state index in [1.807, 2.05) is 18.7 Å². The maximum absolute atomic E-state index is 12.4. The van der Waals surface area contributed by atoms with E-state index in [1.165, 1.54) is 0 Å². The van der Waals surface area contributed by atoms with Gasteiger partial charge in [-0.05, 0) is 26.7 Å². The summed E-state index contributed by atoms with van der Waals surface area (Å²) in [5.41, 5.74) is -0.0853. The Morgan fingerprint density at radius 2 is 2.00 bits per heavy atom. The maximum Gasteiger partial charge on any atom is 0.293 e. The fourth-order valence-corrected chi connectivity index (χ4v) is 2.32. The van der Waals surface area contributed by atoms with Crippen molar-refractivity contribution in [1.82, 2.24) is 9.55 Å². The summed E-state index contributed by atoms with van der Waals surface area (Å²) in [6.07, 6.45) is 5.21. The number of aromatic nitrogens is 2. The highest BCUT2D eigenvalue weighted by Gasteiger charge is 2.20. The number of anilines is 1. The van der Waals surface area contributed by atoms with Crippen molar-refractivity contribution in [2.45, 2.75) is 52.6 Å². The zero-order chi connectivity index (χ0) is 14.4. The molecule has 108 valence electrons. The molecule has 19 heavy (non-hydrogen) atoms. The molecule has 0 spiro atoms. The molecule has 1 heterocycles. The van der Waals surface area contributed by atoms with Gasteiger partial charge in [-0.1, -0.05) is 13.8 Å². The molecule has 5 heteroatoms. The van der Waals surface area contributed by atoms with Crippen LogP contribution in [0.25, 0.3) is 0 Å². The zero-order valence-corrected chi connectivity index (χ0v) is 12.3. The topological polar surface area (TPSA) is 58.4 Å². The molecule has 1 N–H and O–H groups in total. The monoisotopic (exact) mass is 267 g/mol. The predicted molar refractivity (Wildman–Crippen MR) is 77.7 cm³/mol. The van der Waals surface area contributed by atoms with Gasteiger partial charge in [0.25, 0.3) is 5.56 Å². The van der Waals surface area contributed by atoms with Gasteiger partial charge in [0, 0.05) is 31.0 Å². The van der Waals surface area contributed by atoms with Crippen LogP contribution in [-0.4, -0.2) is 33.9 Å². The summed E-state index contributed by atoms with van der Waals surface area (Å²) in [6, 6.07) is 0.335. The highest BCUT2D eigenvalue weighted by Crippen LogP contribution is 2.14. The molecule has 0 unspecified atom stereocenters. The SMILES string of the molecule is CCC(CC)N(CCO)c1nccn(C(C)C)c1=O. The smallest absolute Gasteiger partial charge is 0.293 e. The van der Waals surface area contributed by atoms with E-state index >= 15 is 0 Å². The van der Waals surface area contributed by atoms with Gasteiger partial charge in [0.05, 0.1) is 6.61 Å². The minimum Gasteiger partial charge on any atom is -0.395 e. The van der Waals surface area contributed by atoms with Crippen molar-refractivity contribution in [1.29, 1.82) is 0 Å². The number of hydrogen-bond acceptors (Lipinski definition) is 4. The second kappa shape index (κ2) is 7.28. The molecule has 5 nitrogen and oxygen atoms in total. The Hall–Kier alpha value is -1.36. The molecular formula is C14H25N3O2.